The van der Waals surface area contributed by atoms with Crippen LogP contribution in [0.3, 0.4) is 0 Å². The first-order chi connectivity index (χ1) is 7.72. The highest BCUT2D eigenvalue weighted by atomic mass is 79.9. The maximum Gasteiger partial charge on any atom is 0.125 e. The highest BCUT2D eigenvalue weighted by molar-refractivity contribution is 9.10. The van der Waals surface area contributed by atoms with Crippen LogP contribution in [0.1, 0.15) is 24.9 Å². The van der Waals surface area contributed by atoms with Gasteiger partial charge in [-0.05, 0) is 25.1 Å². The average molecular weight is 284 g/mol. The van der Waals surface area contributed by atoms with Crippen LogP contribution >= 0.6 is 15.9 Å². The van der Waals surface area contributed by atoms with E-state index in [-0.39, 0.29) is 6.04 Å². The molecule has 0 saturated carbocycles. The second-order valence-corrected chi connectivity index (χ2v) is 4.47. The summed E-state index contributed by atoms with van der Waals surface area (Å²) in [6, 6.07) is 6.18. The Labute approximate surface area is 106 Å². The van der Waals surface area contributed by atoms with Gasteiger partial charge < -0.3 is 10.1 Å². The Kier molecular flexibility index (Phi) is 5.56. The predicted molar refractivity (Wildman–Crippen MR) is 71.9 cm³/mol. The molecule has 1 aromatic carbocycles. The molecular weight excluding hydrogens is 266 g/mol. The summed E-state index contributed by atoms with van der Waals surface area (Å²) in [4.78, 5) is 0. The fraction of sp³-hybridized carbons (Fsp3) is 0.385. The van der Waals surface area contributed by atoms with E-state index in [0.29, 0.717) is 0 Å². The second-order valence-electron chi connectivity index (χ2n) is 3.55. The van der Waals surface area contributed by atoms with Gasteiger partial charge >= 0.3 is 0 Å². The molecular formula is C13H18BrNO. The van der Waals surface area contributed by atoms with E-state index in [4.69, 9.17) is 4.74 Å². The summed E-state index contributed by atoms with van der Waals surface area (Å²) in [5, 5.41) is 3.42. The summed E-state index contributed by atoms with van der Waals surface area (Å²) >= 11 is 3.43. The third-order valence-electron chi connectivity index (χ3n) is 2.38. The number of rotatable bonds is 6. The van der Waals surface area contributed by atoms with Crippen LogP contribution in [0.5, 0.6) is 5.75 Å². The highest BCUT2D eigenvalue weighted by Crippen LogP contribution is 2.29. The Hall–Kier alpha value is -0.800. The van der Waals surface area contributed by atoms with Crippen LogP contribution in [0.15, 0.2) is 35.3 Å². The standard InChI is InChI=1S/C13H18BrNO/c1-4-8-15-12(5-2)11-7-6-10(14)9-13(11)16-3/h5-7,9,12,15H,2,4,8H2,1,3H3. The fourth-order valence-electron chi connectivity index (χ4n) is 1.56. The molecule has 1 rings (SSSR count). The van der Waals surface area contributed by atoms with Gasteiger partial charge in [0.2, 0.25) is 0 Å². The lowest BCUT2D eigenvalue weighted by molar-refractivity contribution is 0.404. The van der Waals surface area contributed by atoms with Crippen LogP contribution in [0, 0.1) is 0 Å². The first-order valence-electron chi connectivity index (χ1n) is 5.42. The normalized spacial score (nSPS) is 12.2. The summed E-state index contributed by atoms with van der Waals surface area (Å²) in [5.74, 6) is 0.878. The number of benzene rings is 1. The molecule has 0 bridgehead atoms. The van der Waals surface area contributed by atoms with Gasteiger partial charge in [-0.15, -0.1) is 6.58 Å². The van der Waals surface area contributed by atoms with Crippen molar-refractivity contribution >= 4 is 15.9 Å². The van der Waals surface area contributed by atoms with E-state index >= 15 is 0 Å². The third-order valence-corrected chi connectivity index (χ3v) is 2.87. The molecule has 0 heterocycles. The SMILES string of the molecule is C=CC(NCCC)c1ccc(Br)cc1OC. The Morgan fingerprint density at radius 1 is 1.56 bits per heavy atom. The second kappa shape index (κ2) is 6.71. The van der Waals surface area contributed by atoms with E-state index in [9.17, 15) is 0 Å². The fourth-order valence-corrected chi connectivity index (χ4v) is 1.90. The van der Waals surface area contributed by atoms with E-state index in [2.05, 4.69) is 40.8 Å². The van der Waals surface area contributed by atoms with Crippen molar-refractivity contribution < 1.29 is 4.74 Å². The Morgan fingerprint density at radius 3 is 2.88 bits per heavy atom. The van der Waals surface area contributed by atoms with Crippen LogP contribution < -0.4 is 10.1 Å². The first-order valence-corrected chi connectivity index (χ1v) is 6.21. The van der Waals surface area contributed by atoms with Gasteiger partial charge in [0.15, 0.2) is 0 Å². The maximum atomic E-state index is 5.37. The van der Waals surface area contributed by atoms with Crippen LogP contribution in [-0.2, 0) is 0 Å². The number of halogens is 1. The van der Waals surface area contributed by atoms with E-state index < -0.39 is 0 Å². The summed E-state index contributed by atoms with van der Waals surface area (Å²) in [7, 11) is 1.69. The monoisotopic (exact) mass is 283 g/mol. The Bertz CT molecular complexity index is 352. The smallest absolute Gasteiger partial charge is 0.125 e. The van der Waals surface area contributed by atoms with Crippen molar-refractivity contribution in [3.05, 3.63) is 40.9 Å². The molecule has 0 aromatic heterocycles. The molecule has 2 nitrogen and oxygen atoms in total. The van der Waals surface area contributed by atoms with E-state index in [0.717, 1.165) is 28.8 Å². The molecule has 0 radical (unpaired) electrons. The molecule has 1 aromatic rings. The summed E-state index contributed by atoms with van der Waals surface area (Å²) in [6.45, 7) is 6.97. The summed E-state index contributed by atoms with van der Waals surface area (Å²) in [6.07, 6.45) is 3.00. The van der Waals surface area contributed by atoms with E-state index in [1.54, 1.807) is 7.11 Å². The van der Waals surface area contributed by atoms with Gasteiger partial charge in [-0.2, -0.15) is 0 Å². The van der Waals surface area contributed by atoms with Crippen LogP contribution in [0.4, 0.5) is 0 Å². The minimum absolute atomic E-state index is 0.142. The van der Waals surface area contributed by atoms with Gasteiger partial charge in [-0.3, -0.25) is 0 Å². The molecule has 0 saturated heterocycles. The van der Waals surface area contributed by atoms with Crippen molar-refractivity contribution in [1.29, 1.82) is 0 Å². The first kappa shape index (κ1) is 13.3. The van der Waals surface area contributed by atoms with E-state index in [1.165, 1.54) is 0 Å². The van der Waals surface area contributed by atoms with Crippen LogP contribution in [0.2, 0.25) is 0 Å². The van der Waals surface area contributed by atoms with Crippen molar-refractivity contribution in [3.8, 4) is 5.75 Å². The lowest BCUT2D eigenvalue weighted by atomic mass is 10.1. The predicted octanol–water partition coefficient (Wildman–Crippen LogP) is 3.68. The Morgan fingerprint density at radius 2 is 2.31 bits per heavy atom. The number of hydrogen-bond donors (Lipinski definition) is 1. The molecule has 0 spiro atoms. The van der Waals surface area contributed by atoms with Crippen molar-refractivity contribution in [3.63, 3.8) is 0 Å². The zero-order chi connectivity index (χ0) is 12.0. The lowest BCUT2D eigenvalue weighted by Crippen LogP contribution is -2.20. The van der Waals surface area contributed by atoms with Gasteiger partial charge in [0.05, 0.1) is 13.2 Å². The van der Waals surface area contributed by atoms with E-state index in [1.807, 2.05) is 18.2 Å². The molecule has 0 aliphatic carbocycles. The maximum absolute atomic E-state index is 5.37. The van der Waals surface area contributed by atoms with Crippen molar-refractivity contribution in [2.75, 3.05) is 13.7 Å². The minimum atomic E-state index is 0.142. The number of ether oxygens (including phenoxy) is 1. The molecule has 0 fully saturated rings. The minimum Gasteiger partial charge on any atom is -0.496 e. The molecule has 1 unspecified atom stereocenters. The number of nitrogens with one attached hydrogen (secondary N) is 1. The summed E-state index contributed by atoms with van der Waals surface area (Å²) < 4.78 is 6.39. The molecule has 3 heteroatoms. The number of hydrogen-bond acceptors (Lipinski definition) is 2. The molecule has 0 aliphatic heterocycles. The van der Waals surface area contributed by atoms with Crippen molar-refractivity contribution in [1.82, 2.24) is 5.32 Å². The van der Waals surface area contributed by atoms with Gasteiger partial charge in [0.25, 0.3) is 0 Å². The molecule has 0 amide bonds. The average Bonchev–Trinajstić information content (AvgIpc) is 2.31. The van der Waals surface area contributed by atoms with Crippen molar-refractivity contribution in [2.24, 2.45) is 0 Å². The summed E-state index contributed by atoms with van der Waals surface area (Å²) in [5.41, 5.74) is 1.12. The molecule has 1 atom stereocenters. The molecule has 0 aliphatic rings. The largest absolute Gasteiger partial charge is 0.496 e. The van der Waals surface area contributed by atoms with Gasteiger partial charge in [0, 0.05) is 10.0 Å². The highest BCUT2D eigenvalue weighted by Gasteiger charge is 2.12. The van der Waals surface area contributed by atoms with Crippen LogP contribution in [0.25, 0.3) is 0 Å². The number of methoxy groups -OCH3 is 1. The Balaban J connectivity index is 2.94. The van der Waals surface area contributed by atoms with Gasteiger partial charge in [0.1, 0.15) is 5.75 Å². The zero-order valence-corrected chi connectivity index (χ0v) is 11.4. The van der Waals surface area contributed by atoms with Crippen molar-refractivity contribution in [2.45, 2.75) is 19.4 Å². The quantitative estimate of drug-likeness (QED) is 0.804. The van der Waals surface area contributed by atoms with Gasteiger partial charge in [-0.25, -0.2) is 0 Å². The lowest BCUT2D eigenvalue weighted by Gasteiger charge is -2.18. The van der Waals surface area contributed by atoms with Crippen LogP contribution in [-0.4, -0.2) is 13.7 Å². The zero-order valence-electron chi connectivity index (χ0n) is 9.79. The topological polar surface area (TPSA) is 21.3 Å². The van der Waals surface area contributed by atoms with Gasteiger partial charge in [-0.1, -0.05) is 35.0 Å². The molecule has 88 valence electrons. The molecule has 16 heavy (non-hydrogen) atoms. The third kappa shape index (κ3) is 3.35. The molecule has 1 N–H and O–H groups in total.